The normalized spacial score (nSPS) is 12.5. The second-order valence-corrected chi connectivity index (χ2v) is 4.36. The van der Waals surface area contributed by atoms with E-state index in [4.69, 9.17) is 15.9 Å². The van der Waals surface area contributed by atoms with E-state index in [1.54, 1.807) is 27.7 Å². The first-order valence-electron chi connectivity index (χ1n) is 4.19. The Kier molecular flexibility index (Phi) is 5.76. The van der Waals surface area contributed by atoms with Crippen molar-refractivity contribution in [2.45, 2.75) is 58.8 Å². The molecule has 0 atom stereocenters. The lowest BCUT2D eigenvalue weighted by molar-refractivity contribution is -0.107. The van der Waals surface area contributed by atoms with Gasteiger partial charge in [0.2, 0.25) is 0 Å². The summed E-state index contributed by atoms with van der Waals surface area (Å²) in [6.07, 6.45) is 0. The summed E-state index contributed by atoms with van der Waals surface area (Å²) >= 11 is 0. The Hall–Kier alpha value is -0.120. The third-order valence-corrected chi connectivity index (χ3v) is 1.50. The second kappa shape index (κ2) is 4.80. The van der Waals surface area contributed by atoms with Gasteiger partial charge in [0.1, 0.15) is 0 Å². The van der Waals surface area contributed by atoms with Crippen LogP contribution < -0.4 is 5.73 Å². The fourth-order valence-corrected chi connectivity index (χ4v) is 0. The zero-order valence-corrected chi connectivity index (χ0v) is 9.05. The Morgan fingerprint density at radius 2 is 1.00 bits per heavy atom. The monoisotopic (exact) mass is 177 g/mol. The van der Waals surface area contributed by atoms with Crippen molar-refractivity contribution in [2.24, 2.45) is 5.73 Å². The van der Waals surface area contributed by atoms with Crippen molar-refractivity contribution in [3.63, 3.8) is 0 Å². The van der Waals surface area contributed by atoms with Gasteiger partial charge in [-0.25, -0.2) is 0 Å². The van der Waals surface area contributed by atoms with Crippen molar-refractivity contribution in [1.29, 1.82) is 0 Å². The molecule has 0 rings (SSSR count). The predicted octanol–water partition coefficient (Wildman–Crippen LogP) is 0.882. The first-order chi connectivity index (χ1) is 4.98. The van der Waals surface area contributed by atoms with Gasteiger partial charge in [-0.1, -0.05) is 13.8 Å². The maximum atomic E-state index is 9.10. The van der Waals surface area contributed by atoms with Crippen LogP contribution in [0.15, 0.2) is 0 Å². The highest BCUT2D eigenvalue weighted by Crippen LogP contribution is 2.19. The molecule has 0 aromatic heterocycles. The van der Waals surface area contributed by atoms with E-state index in [9.17, 15) is 0 Å². The van der Waals surface area contributed by atoms with Crippen LogP contribution in [-0.4, -0.2) is 27.5 Å². The summed E-state index contributed by atoms with van der Waals surface area (Å²) in [5.74, 6) is 0. The van der Waals surface area contributed by atoms with Crippen LogP contribution in [0.25, 0.3) is 0 Å². The molecular weight excluding hydrogens is 154 g/mol. The van der Waals surface area contributed by atoms with Crippen molar-refractivity contribution < 1.29 is 10.2 Å². The number of hydrogen-bond donors (Lipinski definition) is 3. The Balaban J connectivity index is 0. The molecule has 0 radical (unpaired) electrons. The maximum Gasteiger partial charge on any atom is 0.0872 e. The Labute approximate surface area is 75.6 Å². The minimum atomic E-state index is -1.01. The standard InChI is InChI=1S/C6H14O2.C3H9N/c1-5(2,7)6(3,4)8;1-3(2)4/h7-8H,1-4H3;3H,4H2,1-2H3. The van der Waals surface area contributed by atoms with Gasteiger partial charge in [-0.3, -0.25) is 0 Å². The topological polar surface area (TPSA) is 66.5 Å². The molecule has 0 bridgehead atoms. The fourth-order valence-electron chi connectivity index (χ4n) is 0. The van der Waals surface area contributed by atoms with E-state index < -0.39 is 11.2 Å². The highest BCUT2D eigenvalue weighted by molar-refractivity contribution is 4.84. The van der Waals surface area contributed by atoms with E-state index in [-0.39, 0.29) is 0 Å². The van der Waals surface area contributed by atoms with Gasteiger partial charge in [-0.2, -0.15) is 0 Å². The van der Waals surface area contributed by atoms with E-state index >= 15 is 0 Å². The van der Waals surface area contributed by atoms with Crippen LogP contribution in [0.3, 0.4) is 0 Å². The molecule has 3 heteroatoms. The second-order valence-electron chi connectivity index (χ2n) is 4.36. The van der Waals surface area contributed by atoms with Gasteiger partial charge in [0, 0.05) is 0 Å². The summed E-state index contributed by atoms with van der Waals surface area (Å²) in [5.41, 5.74) is 3.10. The van der Waals surface area contributed by atoms with Crippen LogP contribution in [0.4, 0.5) is 0 Å². The predicted molar refractivity (Wildman–Crippen MR) is 51.9 cm³/mol. The van der Waals surface area contributed by atoms with Crippen LogP contribution in [0.1, 0.15) is 41.5 Å². The molecule has 0 saturated carbocycles. The summed E-state index contributed by atoms with van der Waals surface area (Å²) in [6.45, 7) is 10.2. The zero-order valence-electron chi connectivity index (χ0n) is 9.05. The quantitative estimate of drug-likeness (QED) is 0.557. The van der Waals surface area contributed by atoms with Crippen molar-refractivity contribution in [3.05, 3.63) is 0 Å². The molecule has 0 aliphatic rings. The van der Waals surface area contributed by atoms with Crippen LogP contribution in [0.5, 0.6) is 0 Å². The Morgan fingerprint density at radius 3 is 1.00 bits per heavy atom. The third kappa shape index (κ3) is 9.88. The van der Waals surface area contributed by atoms with Gasteiger partial charge < -0.3 is 15.9 Å². The molecule has 0 aliphatic carbocycles. The lowest BCUT2D eigenvalue weighted by atomic mass is 9.90. The molecular formula is C9H23NO2. The molecule has 0 heterocycles. The first kappa shape index (κ1) is 14.4. The average Bonchev–Trinajstić information content (AvgIpc) is 1.55. The number of aliphatic hydroxyl groups is 2. The van der Waals surface area contributed by atoms with Gasteiger partial charge in [0.25, 0.3) is 0 Å². The molecule has 4 N–H and O–H groups in total. The van der Waals surface area contributed by atoms with E-state index in [0.717, 1.165) is 0 Å². The van der Waals surface area contributed by atoms with Crippen LogP contribution in [0, 0.1) is 0 Å². The molecule has 0 aliphatic heterocycles. The van der Waals surface area contributed by atoms with Gasteiger partial charge >= 0.3 is 0 Å². The van der Waals surface area contributed by atoms with Gasteiger partial charge in [0.05, 0.1) is 11.2 Å². The fraction of sp³-hybridized carbons (Fsp3) is 1.00. The van der Waals surface area contributed by atoms with Gasteiger partial charge in [-0.05, 0) is 33.7 Å². The Bertz CT molecular complexity index is 93.9. The maximum absolute atomic E-state index is 9.10. The van der Waals surface area contributed by atoms with Gasteiger partial charge in [-0.15, -0.1) is 0 Å². The molecule has 0 fully saturated rings. The minimum absolute atomic E-state index is 0.333. The van der Waals surface area contributed by atoms with Crippen LogP contribution >= 0.6 is 0 Å². The first-order valence-corrected chi connectivity index (χ1v) is 4.19. The van der Waals surface area contributed by atoms with E-state index in [1.807, 2.05) is 13.8 Å². The van der Waals surface area contributed by atoms with Crippen LogP contribution in [0.2, 0.25) is 0 Å². The van der Waals surface area contributed by atoms with E-state index in [0.29, 0.717) is 6.04 Å². The zero-order chi connectivity index (χ0) is 10.6. The molecule has 0 amide bonds. The van der Waals surface area contributed by atoms with Gasteiger partial charge in [0.15, 0.2) is 0 Å². The SMILES string of the molecule is CC(C)(O)C(C)(C)O.CC(C)N. The summed E-state index contributed by atoms with van der Waals surface area (Å²) < 4.78 is 0. The highest BCUT2D eigenvalue weighted by Gasteiger charge is 2.31. The summed E-state index contributed by atoms with van der Waals surface area (Å²) in [7, 11) is 0. The van der Waals surface area contributed by atoms with E-state index in [1.165, 1.54) is 0 Å². The lowest BCUT2D eigenvalue weighted by Gasteiger charge is -2.31. The van der Waals surface area contributed by atoms with Crippen molar-refractivity contribution >= 4 is 0 Å². The van der Waals surface area contributed by atoms with Crippen molar-refractivity contribution in [3.8, 4) is 0 Å². The summed E-state index contributed by atoms with van der Waals surface area (Å²) in [4.78, 5) is 0. The number of nitrogens with two attached hydrogens (primary N) is 1. The largest absolute Gasteiger partial charge is 0.387 e. The lowest BCUT2D eigenvalue weighted by Crippen LogP contribution is -2.44. The molecule has 0 aromatic rings. The van der Waals surface area contributed by atoms with Crippen LogP contribution in [-0.2, 0) is 0 Å². The molecule has 12 heavy (non-hydrogen) atoms. The number of hydrogen-bond acceptors (Lipinski definition) is 3. The molecule has 3 nitrogen and oxygen atoms in total. The molecule has 0 spiro atoms. The molecule has 0 unspecified atom stereocenters. The van der Waals surface area contributed by atoms with E-state index in [2.05, 4.69) is 0 Å². The number of rotatable bonds is 1. The van der Waals surface area contributed by atoms with Crippen molar-refractivity contribution in [1.82, 2.24) is 0 Å². The molecule has 0 saturated heterocycles. The Morgan fingerprint density at radius 1 is 0.917 bits per heavy atom. The highest BCUT2D eigenvalue weighted by atomic mass is 16.3. The van der Waals surface area contributed by atoms with Crippen molar-refractivity contribution in [2.75, 3.05) is 0 Å². The smallest absolute Gasteiger partial charge is 0.0872 e. The summed E-state index contributed by atoms with van der Waals surface area (Å²) in [5, 5.41) is 18.2. The molecule has 76 valence electrons. The molecule has 0 aromatic carbocycles. The average molecular weight is 177 g/mol. The minimum Gasteiger partial charge on any atom is -0.387 e. The third-order valence-electron chi connectivity index (χ3n) is 1.50. The summed E-state index contributed by atoms with van der Waals surface area (Å²) in [6, 6.07) is 0.333.